The molecule has 1 aromatic carbocycles. The van der Waals surface area contributed by atoms with Crippen molar-refractivity contribution in [3.8, 4) is 0 Å². The van der Waals surface area contributed by atoms with Crippen LogP contribution in [-0.2, 0) is 5.75 Å². The largest absolute Gasteiger partial charge is 0.388 e. The Morgan fingerprint density at radius 3 is 2.84 bits per heavy atom. The van der Waals surface area contributed by atoms with E-state index in [2.05, 4.69) is 5.32 Å². The Morgan fingerprint density at radius 1 is 1.42 bits per heavy atom. The molecule has 1 aliphatic carbocycles. The molecule has 1 fully saturated rings. The zero-order chi connectivity index (χ0) is 13.7. The van der Waals surface area contributed by atoms with Crippen molar-refractivity contribution < 1.29 is 9.90 Å². The SMILES string of the molecule is CSCc1cccc(C(=O)NCC2(O)CCCC2)c1. The number of thioether (sulfide) groups is 1. The number of aliphatic hydroxyl groups is 1. The second-order valence-corrected chi connectivity index (χ2v) is 6.11. The highest BCUT2D eigenvalue weighted by Crippen LogP contribution is 2.28. The molecule has 4 heteroatoms. The number of hydrogen-bond donors (Lipinski definition) is 2. The maximum Gasteiger partial charge on any atom is 0.251 e. The molecule has 1 aromatic rings. The van der Waals surface area contributed by atoms with Gasteiger partial charge in [-0.05, 0) is 36.8 Å². The quantitative estimate of drug-likeness (QED) is 0.871. The third kappa shape index (κ3) is 3.98. The van der Waals surface area contributed by atoms with Crippen molar-refractivity contribution in [1.82, 2.24) is 5.32 Å². The van der Waals surface area contributed by atoms with Crippen LogP contribution in [0.25, 0.3) is 0 Å². The number of rotatable bonds is 5. The van der Waals surface area contributed by atoms with Crippen molar-refractivity contribution in [2.24, 2.45) is 0 Å². The fraction of sp³-hybridized carbons (Fsp3) is 0.533. The molecule has 0 unspecified atom stereocenters. The van der Waals surface area contributed by atoms with Crippen LogP contribution in [0.1, 0.15) is 41.6 Å². The first-order chi connectivity index (χ1) is 9.13. The summed E-state index contributed by atoms with van der Waals surface area (Å²) in [5.74, 6) is 0.814. The maximum atomic E-state index is 12.1. The van der Waals surface area contributed by atoms with Crippen molar-refractivity contribution in [1.29, 1.82) is 0 Å². The van der Waals surface area contributed by atoms with E-state index in [-0.39, 0.29) is 5.91 Å². The van der Waals surface area contributed by atoms with Gasteiger partial charge >= 0.3 is 0 Å². The summed E-state index contributed by atoms with van der Waals surface area (Å²) in [6, 6.07) is 7.67. The lowest BCUT2D eigenvalue weighted by atomic mass is 10.0. The van der Waals surface area contributed by atoms with E-state index in [1.54, 1.807) is 11.8 Å². The van der Waals surface area contributed by atoms with Gasteiger partial charge in [0.25, 0.3) is 5.91 Å². The molecule has 0 spiro atoms. The fourth-order valence-corrected chi connectivity index (χ4v) is 3.04. The highest BCUT2D eigenvalue weighted by molar-refractivity contribution is 7.97. The first-order valence-corrected chi connectivity index (χ1v) is 8.11. The minimum atomic E-state index is -0.688. The highest BCUT2D eigenvalue weighted by atomic mass is 32.2. The summed E-state index contributed by atoms with van der Waals surface area (Å²) in [7, 11) is 0. The van der Waals surface area contributed by atoms with Gasteiger partial charge in [0.05, 0.1) is 5.60 Å². The van der Waals surface area contributed by atoms with E-state index in [1.165, 1.54) is 0 Å². The van der Waals surface area contributed by atoms with Crippen LogP contribution in [0.2, 0.25) is 0 Å². The molecule has 1 saturated carbocycles. The van der Waals surface area contributed by atoms with Crippen molar-refractivity contribution in [3.63, 3.8) is 0 Å². The van der Waals surface area contributed by atoms with Gasteiger partial charge in [0.1, 0.15) is 0 Å². The van der Waals surface area contributed by atoms with E-state index >= 15 is 0 Å². The lowest BCUT2D eigenvalue weighted by Crippen LogP contribution is -2.40. The van der Waals surface area contributed by atoms with Crippen LogP contribution < -0.4 is 5.32 Å². The minimum Gasteiger partial charge on any atom is -0.388 e. The zero-order valence-electron chi connectivity index (χ0n) is 11.3. The Kier molecular flexibility index (Phi) is 4.88. The first kappa shape index (κ1) is 14.4. The summed E-state index contributed by atoms with van der Waals surface area (Å²) in [6.07, 6.45) is 5.73. The molecule has 0 heterocycles. The lowest BCUT2D eigenvalue weighted by Gasteiger charge is -2.22. The van der Waals surface area contributed by atoms with E-state index in [4.69, 9.17) is 0 Å². The molecular weight excluding hydrogens is 258 g/mol. The first-order valence-electron chi connectivity index (χ1n) is 6.71. The molecule has 3 nitrogen and oxygen atoms in total. The van der Waals surface area contributed by atoms with Gasteiger partial charge in [0.2, 0.25) is 0 Å². The van der Waals surface area contributed by atoms with Gasteiger partial charge in [-0.25, -0.2) is 0 Å². The Labute approximate surface area is 118 Å². The third-order valence-corrected chi connectivity index (χ3v) is 4.23. The molecule has 0 aromatic heterocycles. The standard InChI is InChI=1S/C15H21NO2S/c1-19-10-12-5-4-6-13(9-12)14(17)16-11-15(18)7-2-3-8-15/h4-6,9,18H,2-3,7-8,10-11H2,1H3,(H,16,17). The zero-order valence-corrected chi connectivity index (χ0v) is 12.1. The van der Waals surface area contributed by atoms with E-state index in [1.807, 2.05) is 30.5 Å². The number of amides is 1. The van der Waals surface area contributed by atoms with Crippen molar-refractivity contribution >= 4 is 17.7 Å². The average Bonchev–Trinajstić information content (AvgIpc) is 2.84. The van der Waals surface area contributed by atoms with Gasteiger partial charge in [-0.2, -0.15) is 11.8 Å². The molecule has 2 N–H and O–H groups in total. The molecule has 19 heavy (non-hydrogen) atoms. The molecule has 104 valence electrons. The van der Waals surface area contributed by atoms with Crippen molar-refractivity contribution in [2.75, 3.05) is 12.8 Å². The Hall–Kier alpha value is -1.00. The van der Waals surface area contributed by atoms with Crippen LogP contribution in [0.15, 0.2) is 24.3 Å². The summed E-state index contributed by atoms with van der Waals surface area (Å²) in [5, 5.41) is 13.1. The van der Waals surface area contributed by atoms with E-state index in [0.717, 1.165) is 37.0 Å². The number of nitrogens with one attached hydrogen (secondary N) is 1. The summed E-state index contributed by atoms with van der Waals surface area (Å²) in [4.78, 5) is 12.1. The molecule has 0 aliphatic heterocycles. The van der Waals surface area contributed by atoms with Crippen molar-refractivity contribution in [3.05, 3.63) is 35.4 Å². The third-order valence-electron chi connectivity index (χ3n) is 3.61. The second-order valence-electron chi connectivity index (χ2n) is 5.25. The van der Waals surface area contributed by atoms with Gasteiger partial charge in [0.15, 0.2) is 0 Å². The van der Waals surface area contributed by atoms with Crippen LogP contribution in [0.3, 0.4) is 0 Å². The average molecular weight is 279 g/mol. The van der Waals surface area contributed by atoms with Crippen LogP contribution in [0.5, 0.6) is 0 Å². The topological polar surface area (TPSA) is 49.3 Å². The number of benzene rings is 1. The van der Waals surface area contributed by atoms with E-state index in [9.17, 15) is 9.90 Å². The van der Waals surface area contributed by atoms with Crippen LogP contribution in [-0.4, -0.2) is 29.4 Å². The predicted octanol–water partition coefficient (Wildman–Crippen LogP) is 2.58. The van der Waals surface area contributed by atoms with Crippen LogP contribution >= 0.6 is 11.8 Å². The molecule has 2 rings (SSSR count). The monoisotopic (exact) mass is 279 g/mol. The van der Waals surface area contributed by atoms with Crippen LogP contribution in [0.4, 0.5) is 0 Å². The number of hydrogen-bond acceptors (Lipinski definition) is 3. The smallest absolute Gasteiger partial charge is 0.251 e. The second kappa shape index (κ2) is 6.44. The lowest BCUT2D eigenvalue weighted by molar-refractivity contribution is 0.0449. The Balaban J connectivity index is 1.93. The van der Waals surface area contributed by atoms with E-state index in [0.29, 0.717) is 12.1 Å². The summed E-state index contributed by atoms with van der Waals surface area (Å²) in [6.45, 7) is 0.360. The molecule has 0 saturated heterocycles. The summed E-state index contributed by atoms with van der Waals surface area (Å²) < 4.78 is 0. The fourth-order valence-electron chi connectivity index (χ4n) is 2.53. The highest BCUT2D eigenvalue weighted by Gasteiger charge is 2.31. The van der Waals surface area contributed by atoms with Crippen LogP contribution in [0, 0.1) is 0 Å². The van der Waals surface area contributed by atoms with Gasteiger partial charge in [-0.3, -0.25) is 4.79 Å². The number of carbonyl (C=O) groups is 1. The molecule has 1 aliphatic rings. The Bertz CT molecular complexity index is 442. The molecule has 0 atom stereocenters. The van der Waals surface area contributed by atoms with Gasteiger partial charge in [0, 0.05) is 17.9 Å². The maximum absolute atomic E-state index is 12.1. The number of carbonyl (C=O) groups excluding carboxylic acids is 1. The normalized spacial score (nSPS) is 17.4. The predicted molar refractivity (Wildman–Crippen MR) is 79.4 cm³/mol. The molecular formula is C15H21NO2S. The summed E-state index contributed by atoms with van der Waals surface area (Å²) in [5.41, 5.74) is 1.14. The Morgan fingerprint density at radius 2 is 2.16 bits per heavy atom. The molecule has 0 radical (unpaired) electrons. The van der Waals surface area contributed by atoms with Gasteiger partial charge in [-0.1, -0.05) is 25.0 Å². The molecule has 0 bridgehead atoms. The van der Waals surface area contributed by atoms with Gasteiger partial charge in [-0.15, -0.1) is 0 Å². The minimum absolute atomic E-state index is 0.0942. The summed E-state index contributed by atoms with van der Waals surface area (Å²) >= 11 is 1.74. The van der Waals surface area contributed by atoms with Gasteiger partial charge < -0.3 is 10.4 Å². The molecule has 1 amide bonds. The van der Waals surface area contributed by atoms with Crippen molar-refractivity contribution in [2.45, 2.75) is 37.0 Å². The van der Waals surface area contributed by atoms with E-state index < -0.39 is 5.60 Å².